The number of alkyl carbamates (subject to hydrolysis) is 1. The van der Waals surface area contributed by atoms with E-state index in [-0.39, 0.29) is 18.2 Å². The first-order chi connectivity index (χ1) is 20.9. The van der Waals surface area contributed by atoms with Gasteiger partial charge in [-0.15, -0.1) is 0 Å². The van der Waals surface area contributed by atoms with Crippen LogP contribution in [0.2, 0.25) is 5.02 Å². The quantitative estimate of drug-likeness (QED) is 0.189. The highest BCUT2D eigenvalue weighted by Gasteiger charge is 2.36. The van der Waals surface area contributed by atoms with E-state index in [0.717, 1.165) is 36.0 Å². The zero-order valence-electron chi connectivity index (χ0n) is 26.8. The number of amides is 3. The van der Waals surface area contributed by atoms with Crippen molar-refractivity contribution in [1.82, 2.24) is 10.2 Å². The number of halogens is 1. The Labute approximate surface area is 267 Å². The molecule has 236 valence electrons. The molecule has 0 aromatic heterocycles. The highest BCUT2D eigenvalue weighted by Crippen LogP contribution is 2.30. The summed E-state index contributed by atoms with van der Waals surface area (Å²) in [4.78, 5) is 43.5. The van der Waals surface area contributed by atoms with Crippen LogP contribution in [-0.2, 0) is 20.7 Å². The van der Waals surface area contributed by atoms with Crippen LogP contribution in [-0.4, -0.2) is 41.0 Å². The summed E-state index contributed by atoms with van der Waals surface area (Å²) in [5.74, 6) is -0.752. The van der Waals surface area contributed by atoms with E-state index >= 15 is 0 Å². The second-order valence-corrected chi connectivity index (χ2v) is 12.6. The monoisotopic (exact) mass is 619 g/mol. The van der Waals surface area contributed by atoms with Crippen molar-refractivity contribution < 1.29 is 19.1 Å². The number of nitrogens with one attached hydrogen (secondary N) is 2. The lowest BCUT2D eigenvalue weighted by Gasteiger charge is -2.35. The molecule has 7 nitrogen and oxygen atoms in total. The lowest BCUT2D eigenvalue weighted by atomic mass is 9.98. The minimum absolute atomic E-state index is 0.232. The Balaban J connectivity index is 2.08. The summed E-state index contributed by atoms with van der Waals surface area (Å²) < 4.78 is 5.55. The van der Waals surface area contributed by atoms with Gasteiger partial charge in [0, 0.05) is 13.0 Å². The maximum Gasteiger partial charge on any atom is 0.408 e. The van der Waals surface area contributed by atoms with E-state index in [9.17, 15) is 14.4 Å². The van der Waals surface area contributed by atoms with Crippen LogP contribution in [0.3, 0.4) is 0 Å². The van der Waals surface area contributed by atoms with Gasteiger partial charge in [0.2, 0.25) is 5.91 Å². The van der Waals surface area contributed by atoms with Crippen LogP contribution in [0.4, 0.5) is 10.5 Å². The fourth-order valence-electron chi connectivity index (χ4n) is 4.98. The number of anilines is 1. The Bertz CT molecular complexity index is 1370. The summed E-state index contributed by atoms with van der Waals surface area (Å²) in [6.45, 7) is 11.6. The highest BCUT2D eigenvalue weighted by atomic mass is 35.5. The molecule has 44 heavy (non-hydrogen) atoms. The van der Waals surface area contributed by atoms with Gasteiger partial charge in [-0.05, 0) is 63.8 Å². The fraction of sp³-hybridized carbons (Fsp3) is 0.417. The van der Waals surface area contributed by atoms with Crippen LogP contribution >= 0.6 is 11.6 Å². The second-order valence-electron chi connectivity index (χ2n) is 12.2. The van der Waals surface area contributed by atoms with Gasteiger partial charge in [-0.1, -0.05) is 110 Å². The number of benzene rings is 3. The van der Waals surface area contributed by atoms with Gasteiger partial charge in [-0.2, -0.15) is 0 Å². The number of ether oxygens (including phenoxy) is 1. The van der Waals surface area contributed by atoms with Gasteiger partial charge >= 0.3 is 6.09 Å². The Morgan fingerprint density at radius 1 is 0.886 bits per heavy atom. The molecule has 0 aliphatic rings. The van der Waals surface area contributed by atoms with E-state index in [1.54, 1.807) is 31.7 Å². The summed E-state index contributed by atoms with van der Waals surface area (Å²) in [7, 11) is 0. The molecule has 8 heteroatoms. The molecule has 0 saturated carbocycles. The average Bonchev–Trinajstić information content (AvgIpc) is 2.96. The van der Waals surface area contributed by atoms with Gasteiger partial charge in [0.1, 0.15) is 17.7 Å². The van der Waals surface area contributed by atoms with Crippen molar-refractivity contribution in [2.75, 3.05) is 11.9 Å². The second kappa shape index (κ2) is 16.3. The van der Waals surface area contributed by atoms with Crippen LogP contribution in [0.1, 0.15) is 81.7 Å². The molecule has 2 N–H and O–H groups in total. The topological polar surface area (TPSA) is 87.7 Å². The molecule has 3 aromatic rings. The normalized spacial score (nSPS) is 12.6. The van der Waals surface area contributed by atoms with Crippen LogP contribution in [0.5, 0.6) is 0 Å². The van der Waals surface area contributed by atoms with Crippen LogP contribution < -0.4 is 10.6 Å². The molecule has 2 atom stereocenters. The number of hydrogen-bond acceptors (Lipinski definition) is 4. The van der Waals surface area contributed by atoms with E-state index < -0.39 is 23.8 Å². The third kappa shape index (κ3) is 10.4. The lowest BCUT2D eigenvalue weighted by Crippen LogP contribution is -2.53. The molecule has 0 bridgehead atoms. The average molecular weight is 620 g/mol. The van der Waals surface area contributed by atoms with Crippen LogP contribution in [0.15, 0.2) is 72.8 Å². The third-order valence-corrected chi connectivity index (χ3v) is 7.55. The van der Waals surface area contributed by atoms with E-state index in [4.69, 9.17) is 16.3 Å². The molecular formula is C36H46ClN3O4. The molecule has 0 saturated heterocycles. The molecule has 0 radical (unpaired) electrons. The maximum absolute atomic E-state index is 14.6. The fourth-order valence-corrected chi connectivity index (χ4v) is 5.25. The summed E-state index contributed by atoms with van der Waals surface area (Å²) >= 11 is 6.50. The number of unbranched alkanes of at least 4 members (excludes halogenated alkanes) is 3. The largest absolute Gasteiger partial charge is 0.444 e. The van der Waals surface area contributed by atoms with Gasteiger partial charge in [-0.25, -0.2) is 4.79 Å². The van der Waals surface area contributed by atoms with E-state index in [1.165, 1.54) is 0 Å². The van der Waals surface area contributed by atoms with Crippen molar-refractivity contribution in [3.8, 4) is 0 Å². The predicted octanol–water partition coefficient (Wildman–Crippen LogP) is 8.18. The maximum atomic E-state index is 14.6. The molecule has 3 aromatic carbocycles. The molecule has 0 fully saturated rings. The first-order valence-corrected chi connectivity index (χ1v) is 15.7. The van der Waals surface area contributed by atoms with Gasteiger partial charge in [0.25, 0.3) is 5.91 Å². The van der Waals surface area contributed by atoms with Crippen molar-refractivity contribution in [2.24, 2.45) is 0 Å². The first-order valence-electron chi connectivity index (χ1n) is 15.4. The molecule has 0 heterocycles. The Hall–Kier alpha value is -3.84. The zero-order chi connectivity index (χ0) is 32.3. The highest BCUT2D eigenvalue weighted by molar-refractivity contribution is 6.34. The molecular weight excluding hydrogens is 574 g/mol. The lowest BCUT2D eigenvalue weighted by molar-refractivity contribution is -0.140. The van der Waals surface area contributed by atoms with Crippen molar-refractivity contribution >= 4 is 35.2 Å². The molecule has 0 aliphatic carbocycles. The number of nitrogens with zero attached hydrogens (tertiary/aromatic N) is 1. The molecule has 3 rings (SSSR count). The number of hydrogen-bond donors (Lipinski definition) is 2. The Kier molecular flexibility index (Phi) is 12.8. The number of carbonyl (C=O) groups excluding carboxylic acids is 3. The summed E-state index contributed by atoms with van der Waals surface area (Å²) in [6, 6.07) is 20.6. The van der Waals surface area contributed by atoms with Crippen molar-refractivity contribution in [3.63, 3.8) is 0 Å². The van der Waals surface area contributed by atoms with Gasteiger partial charge in [0.05, 0.1) is 10.7 Å². The first kappa shape index (κ1) is 34.6. The predicted molar refractivity (Wildman–Crippen MR) is 178 cm³/mol. The standard InChI is InChI=1S/C36H46ClN3O4/c1-7-8-9-13-23-40(34(42)30(24-27-16-11-10-12-17-27)38-35(43)44-36(4,5)6)32(28-21-19-25(2)20-22-28)33(41)39-31-26(3)15-14-18-29(31)37/h10-12,14-22,30,32H,7-9,13,23-24H2,1-6H3,(H,38,43)(H,39,41). The molecule has 2 unspecified atom stereocenters. The van der Waals surface area contributed by atoms with Gasteiger partial charge in [-0.3, -0.25) is 9.59 Å². The number of rotatable bonds is 13. The van der Waals surface area contributed by atoms with Gasteiger partial charge < -0.3 is 20.3 Å². The summed E-state index contributed by atoms with van der Waals surface area (Å²) in [6.07, 6.45) is 3.17. The molecule has 0 aliphatic heterocycles. The number of carbonyl (C=O) groups is 3. The summed E-state index contributed by atoms with van der Waals surface area (Å²) in [5, 5.41) is 6.25. The minimum atomic E-state index is -0.973. The van der Waals surface area contributed by atoms with Crippen molar-refractivity contribution in [2.45, 2.75) is 91.3 Å². The van der Waals surface area contributed by atoms with Gasteiger partial charge in [0.15, 0.2) is 0 Å². The summed E-state index contributed by atoms with van der Waals surface area (Å²) in [5.41, 5.74) is 3.13. The smallest absolute Gasteiger partial charge is 0.408 e. The molecule has 0 spiro atoms. The number of aryl methyl sites for hydroxylation is 2. The van der Waals surface area contributed by atoms with Crippen molar-refractivity contribution in [1.29, 1.82) is 0 Å². The minimum Gasteiger partial charge on any atom is -0.444 e. The van der Waals surface area contributed by atoms with Crippen LogP contribution in [0.25, 0.3) is 0 Å². The molecule has 3 amide bonds. The number of para-hydroxylation sites is 1. The van der Waals surface area contributed by atoms with E-state index in [2.05, 4.69) is 17.6 Å². The van der Waals surface area contributed by atoms with E-state index in [0.29, 0.717) is 29.2 Å². The zero-order valence-corrected chi connectivity index (χ0v) is 27.5. The third-order valence-electron chi connectivity index (χ3n) is 7.23. The SMILES string of the molecule is CCCCCCN(C(=O)C(Cc1ccccc1)NC(=O)OC(C)(C)C)C(C(=O)Nc1c(C)cccc1Cl)c1ccc(C)cc1. The Morgan fingerprint density at radius 3 is 2.18 bits per heavy atom. The van der Waals surface area contributed by atoms with Crippen molar-refractivity contribution in [3.05, 3.63) is 100 Å². The van der Waals surface area contributed by atoms with Crippen LogP contribution in [0, 0.1) is 13.8 Å². The van der Waals surface area contributed by atoms with E-state index in [1.807, 2.05) is 80.6 Å². The Morgan fingerprint density at radius 2 is 1.57 bits per heavy atom.